The van der Waals surface area contributed by atoms with Gasteiger partial charge < -0.3 is 19.7 Å². The highest BCUT2D eigenvalue weighted by Gasteiger charge is 2.16. The Balaban J connectivity index is 1.49. The van der Waals surface area contributed by atoms with Gasteiger partial charge in [0.1, 0.15) is 6.61 Å². The van der Waals surface area contributed by atoms with Crippen LogP contribution in [0.4, 0.5) is 11.4 Å². The number of benzene rings is 3. The first kappa shape index (κ1) is 22.6. The van der Waals surface area contributed by atoms with Crippen molar-refractivity contribution in [1.29, 1.82) is 0 Å². The molecule has 1 fully saturated rings. The minimum Gasteiger partial charge on any atom is -0.493 e. The molecule has 32 heavy (non-hydrogen) atoms. The first-order valence-corrected chi connectivity index (χ1v) is 11.7. The molecule has 1 saturated heterocycles. The lowest BCUT2D eigenvalue weighted by atomic mass is 10.1. The van der Waals surface area contributed by atoms with E-state index in [9.17, 15) is 0 Å². The maximum atomic E-state index is 6.62. The van der Waals surface area contributed by atoms with Gasteiger partial charge in [0.25, 0.3) is 0 Å². The number of hydrogen-bond acceptors (Lipinski definition) is 4. The zero-order chi connectivity index (χ0) is 22.3. The minimum atomic E-state index is 0.447. The Morgan fingerprint density at radius 3 is 2.44 bits per heavy atom. The van der Waals surface area contributed by atoms with Crippen molar-refractivity contribution in [1.82, 2.24) is 0 Å². The molecule has 6 heteroatoms. The van der Waals surface area contributed by atoms with Crippen LogP contribution < -0.4 is 19.7 Å². The molecule has 0 amide bonds. The topological polar surface area (TPSA) is 33.7 Å². The fourth-order valence-corrected chi connectivity index (χ4v) is 4.54. The highest BCUT2D eigenvalue weighted by atomic mass is 35.5. The molecule has 0 unspecified atom stereocenters. The Morgan fingerprint density at radius 1 is 0.938 bits per heavy atom. The van der Waals surface area contributed by atoms with E-state index in [1.165, 1.54) is 19.3 Å². The molecule has 1 N–H and O–H groups in total. The lowest BCUT2D eigenvalue weighted by Gasteiger charge is -2.29. The van der Waals surface area contributed by atoms with Crippen LogP contribution in [0.1, 0.15) is 30.4 Å². The summed E-state index contributed by atoms with van der Waals surface area (Å²) in [6, 6.07) is 19.9. The van der Waals surface area contributed by atoms with E-state index in [0.717, 1.165) is 40.6 Å². The van der Waals surface area contributed by atoms with Crippen LogP contribution in [-0.4, -0.2) is 20.2 Å². The fourth-order valence-electron chi connectivity index (χ4n) is 4.00. The Hall–Kier alpha value is -2.56. The van der Waals surface area contributed by atoms with E-state index in [1.807, 2.05) is 42.5 Å². The van der Waals surface area contributed by atoms with Crippen LogP contribution in [0.5, 0.6) is 11.5 Å². The van der Waals surface area contributed by atoms with Crippen molar-refractivity contribution in [3.63, 3.8) is 0 Å². The summed E-state index contributed by atoms with van der Waals surface area (Å²) in [5.41, 5.74) is 4.06. The normalized spacial score (nSPS) is 13.7. The van der Waals surface area contributed by atoms with Gasteiger partial charge in [0.05, 0.1) is 17.8 Å². The molecule has 0 atom stereocenters. The Morgan fingerprint density at radius 2 is 1.72 bits per heavy atom. The summed E-state index contributed by atoms with van der Waals surface area (Å²) < 4.78 is 11.7. The van der Waals surface area contributed by atoms with Crippen LogP contribution in [0.15, 0.2) is 60.7 Å². The minimum absolute atomic E-state index is 0.447. The van der Waals surface area contributed by atoms with Crippen LogP contribution in [-0.2, 0) is 13.2 Å². The number of rotatable bonds is 8. The standard InChI is InChI=1S/C26H28Cl2N2O2/c1-31-25-15-21(27)14-20(26(25)32-18-19-8-4-2-5-9-19)17-29-22-10-11-24(23(28)16-22)30-12-6-3-7-13-30/h2,4-5,8-11,14-16,29H,3,6-7,12-13,17-18H2,1H3. The summed E-state index contributed by atoms with van der Waals surface area (Å²) in [5.74, 6) is 1.30. The van der Waals surface area contributed by atoms with Crippen molar-refractivity contribution >= 4 is 34.6 Å². The van der Waals surface area contributed by atoms with Gasteiger partial charge in [-0.25, -0.2) is 0 Å². The van der Waals surface area contributed by atoms with Crippen molar-refractivity contribution in [3.05, 3.63) is 81.8 Å². The fraction of sp³-hybridized carbons (Fsp3) is 0.308. The lowest BCUT2D eigenvalue weighted by molar-refractivity contribution is 0.281. The van der Waals surface area contributed by atoms with Gasteiger partial charge in [-0.3, -0.25) is 0 Å². The van der Waals surface area contributed by atoms with Gasteiger partial charge in [-0.15, -0.1) is 0 Å². The third-order valence-corrected chi connectivity index (χ3v) is 6.19. The summed E-state index contributed by atoms with van der Waals surface area (Å²) >= 11 is 13.0. The van der Waals surface area contributed by atoms with E-state index in [0.29, 0.717) is 29.7 Å². The number of ether oxygens (including phenoxy) is 2. The molecule has 1 heterocycles. The molecular weight excluding hydrogens is 443 g/mol. The summed E-state index contributed by atoms with van der Waals surface area (Å²) in [7, 11) is 1.62. The van der Waals surface area contributed by atoms with E-state index in [1.54, 1.807) is 13.2 Å². The predicted molar refractivity (Wildman–Crippen MR) is 134 cm³/mol. The van der Waals surface area contributed by atoms with Gasteiger partial charge in [0.15, 0.2) is 11.5 Å². The molecule has 0 saturated carbocycles. The monoisotopic (exact) mass is 470 g/mol. The molecule has 4 nitrogen and oxygen atoms in total. The van der Waals surface area contributed by atoms with Crippen LogP contribution in [0, 0.1) is 0 Å². The third kappa shape index (κ3) is 5.62. The van der Waals surface area contributed by atoms with Crippen LogP contribution in [0.25, 0.3) is 0 Å². The molecule has 0 aromatic heterocycles. The first-order chi connectivity index (χ1) is 15.6. The van der Waals surface area contributed by atoms with E-state index in [4.69, 9.17) is 32.7 Å². The molecule has 0 spiro atoms. The maximum Gasteiger partial charge on any atom is 0.166 e. The first-order valence-electron chi connectivity index (χ1n) is 11.0. The highest BCUT2D eigenvalue weighted by Crippen LogP contribution is 2.36. The molecule has 168 valence electrons. The summed E-state index contributed by atoms with van der Waals surface area (Å²) in [6.45, 7) is 3.11. The maximum absolute atomic E-state index is 6.62. The summed E-state index contributed by atoms with van der Waals surface area (Å²) in [5, 5.41) is 4.82. The second-order valence-corrected chi connectivity index (χ2v) is 8.78. The second-order valence-electron chi connectivity index (χ2n) is 7.94. The van der Waals surface area contributed by atoms with Crippen LogP contribution in [0.2, 0.25) is 10.0 Å². The zero-order valence-electron chi connectivity index (χ0n) is 18.2. The van der Waals surface area contributed by atoms with Crippen molar-refractivity contribution in [2.45, 2.75) is 32.4 Å². The largest absolute Gasteiger partial charge is 0.493 e. The summed E-state index contributed by atoms with van der Waals surface area (Å²) in [4.78, 5) is 2.37. The molecule has 1 aliphatic heterocycles. The number of methoxy groups -OCH3 is 1. The zero-order valence-corrected chi connectivity index (χ0v) is 19.8. The molecular formula is C26H28Cl2N2O2. The Kier molecular flexibility index (Phi) is 7.67. The quantitative estimate of drug-likeness (QED) is 0.377. The second kappa shape index (κ2) is 10.8. The Labute approximate surface area is 200 Å². The lowest BCUT2D eigenvalue weighted by Crippen LogP contribution is -2.29. The third-order valence-electron chi connectivity index (χ3n) is 5.67. The van der Waals surface area contributed by atoms with E-state index >= 15 is 0 Å². The van der Waals surface area contributed by atoms with Gasteiger partial charge in [-0.05, 0) is 49.1 Å². The number of nitrogens with zero attached hydrogens (tertiary/aromatic N) is 1. The van der Waals surface area contributed by atoms with Crippen molar-refractivity contribution in [2.24, 2.45) is 0 Å². The van der Waals surface area contributed by atoms with Gasteiger partial charge in [-0.1, -0.05) is 53.5 Å². The number of anilines is 2. The smallest absolute Gasteiger partial charge is 0.166 e. The molecule has 0 bridgehead atoms. The molecule has 0 radical (unpaired) electrons. The van der Waals surface area contributed by atoms with E-state index in [-0.39, 0.29) is 0 Å². The SMILES string of the molecule is COc1cc(Cl)cc(CNc2ccc(N3CCCCC3)c(Cl)c2)c1OCc1ccccc1. The van der Waals surface area contributed by atoms with Crippen molar-refractivity contribution < 1.29 is 9.47 Å². The van der Waals surface area contributed by atoms with Gasteiger partial charge >= 0.3 is 0 Å². The van der Waals surface area contributed by atoms with Gasteiger partial charge in [0, 0.05) is 42.0 Å². The average Bonchev–Trinajstić information content (AvgIpc) is 2.83. The van der Waals surface area contributed by atoms with Gasteiger partial charge in [0.2, 0.25) is 0 Å². The number of nitrogens with one attached hydrogen (secondary N) is 1. The van der Waals surface area contributed by atoms with Crippen LogP contribution >= 0.6 is 23.2 Å². The molecule has 3 aromatic rings. The molecule has 3 aromatic carbocycles. The molecule has 0 aliphatic carbocycles. The highest BCUT2D eigenvalue weighted by molar-refractivity contribution is 6.33. The Bertz CT molecular complexity index is 1040. The molecule has 1 aliphatic rings. The number of piperidine rings is 1. The van der Waals surface area contributed by atoms with Crippen molar-refractivity contribution in [3.8, 4) is 11.5 Å². The van der Waals surface area contributed by atoms with Crippen LogP contribution in [0.3, 0.4) is 0 Å². The van der Waals surface area contributed by atoms with E-state index in [2.05, 4.69) is 22.3 Å². The van der Waals surface area contributed by atoms with E-state index < -0.39 is 0 Å². The summed E-state index contributed by atoms with van der Waals surface area (Å²) in [6.07, 6.45) is 3.74. The van der Waals surface area contributed by atoms with Crippen molar-refractivity contribution in [2.75, 3.05) is 30.4 Å². The number of halogens is 2. The predicted octanol–water partition coefficient (Wildman–Crippen LogP) is 7.18. The number of hydrogen-bond donors (Lipinski definition) is 1. The molecule has 4 rings (SSSR count). The average molecular weight is 471 g/mol. The van der Waals surface area contributed by atoms with Gasteiger partial charge in [-0.2, -0.15) is 0 Å².